The van der Waals surface area contributed by atoms with Crippen LogP contribution in [0.5, 0.6) is 0 Å². The van der Waals surface area contributed by atoms with Crippen molar-refractivity contribution in [2.24, 2.45) is 0 Å². The maximum atomic E-state index is 11.6. The van der Waals surface area contributed by atoms with E-state index in [1.807, 2.05) is 6.08 Å². The Kier molecular flexibility index (Phi) is 5.46. The maximum absolute atomic E-state index is 11.6. The van der Waals surface area contributed by atoms with Crippen molar-refractivity contribution < 1.29 is 9.59 Å². The lowest BCUT2D eigenvalue weighted by molar-refractivity contribution is -0.127. The van der Waals surface area contributed by atoms with Crippen molar-refractivity contribution in [1.29, 1.82) is 0 Å². The van der Waals surface area contributed by atoms with Crippen molar-refractivity contribution in [3.63, 3.8) is 0 Å². The molecule has 1 rings (SSSR count). The largest absolute Gasteiger partial charge is 0.306 e. The van der Waals surface area contributed by atoms with E-state index in [0.29, 0.717) is 18.7 Å². The van der Waals surface area contributed by atoms with Gasteiger partial charge in [-0.2, -0.15) is 0 Å². The molecule has 0 spiro atoms. The molecule has 88 valence electrons. The molecule has 0 unspecified atom stereocenters. The highest BCUT2D eigenvalue weighted by molar-refractivity contribution is 9.09. The van der Waals surface area contributed by atoms with Crippen LogP contribution in [0.4, 0.5) is 0 Å². The zero-order valence-electron chi connectivity index (χ0n) is 9.25. The Morgan fingerprint density at radius 2 is 2.31 bits per heavy atom. The molecule has 1 aliphatic rings. The third-order valence-corrected chi connectivity index (χ3v) is 3.05. The Hall–Kier alpha value is -0.900. The summed E-state index contributed by atoms with van der Waals surface area (Å²) in [6, 6.07) is 0. The topological polar surface area (TPSA) is 37.4 Å². The van der Waals surface area contributed by atoms with Crippen LogP contribution in [0.3, 0.4) is 0 Å². The number of nitrogens with zero attached hydrogens (tertiary/aromatic N) is 1. The summed E-state index contributed by atoms with van der Waals surface area (Å²) in [5, 5.41) is 0.913. The van der Waals surface area contributed by atoms with E-state index in [1.165, 1.54) is 6.08 Å². The average molecular weight is 286 g/mol. The summed E-state index contributed by atoms with van der Waals surface area (Å²) in [4.78, 5) is 24.8. The van der Waals surface area contributed by atoms with Gasteiger partial charge in [0.25, 0.3) is 0 Å². The number of carbonyl (C=O) groups excluding carboxylic acids is 2. The second kappa shape index (κ2) is 6.63. The molecule has 0 saturated carbocycles. The van der Waals surface area contributed by atoms with Crippen LogP contribution >= 0.6 is 15.9 Å². The average Bonchev–Trinajstić information content (AvgIpc) is 2.70. The third kappa shape index (κ3) is 3.30. The van der Waals surface area contributed by atoms with E-state index < -0.39 is 0 Å². The van der Waals surface area contributed by atoms with E-state index in [2.05, 4.69) is 22.5 Å². The highest BCUT2D eigenvalue weighted by Crippen LogP contribution is 2.19. The molecule has 0 radical (unpaired) electrons. The zero-order chi connectivity index (χ0) is 12.0. The fraction of sp³-hybridized carbons (Fsp3) is 0.500. The molecule has 0 aliphatic heterocycles. The van der Waals surface area contributed by atoms with Gasteiger partial charge < -0.3 is 4.90 Å². The van der Waals surface area contributed by atoms with Gasteiger partial charge in [-0.25, -0.2) is 0 Å². The predicted octanol–water partition coefficient (Wildman–Crippen LogP) is 2.42. The van der Waals surface area contributed by atoms with E-state index >= 15 is 0 Å². The van der Waals surface area contributed by atoms with Gasteiger partial charge in [-0.15, -0.1) is 0 Å². The Labute approximate surface area is 104 Å². The number of rotatable bonds is 6. The number of allylic oxidation sites excluding steroid dienone is 2. The Morgan fingerprint density at radius 1 is 1.56 bits per heavy atom. The van der Waals surface area contributed by atoms with Crippen LogP contribution in [0.15, 0.2) is 24.4 Å². The van der Waals surface area contributed by atoms with Gasteiger partial charge in [0.2, 0.25) is 5.91 Å². The molecule has 0 aromatic rings. The fourth-order valence-electron chi connectivity index (χ4n) is 1.67. The Balaban J connectivity index is 2.67. The van der Waals surface area contributed by atoms with Gasteiger partial charge in [-0.1, -0.05) is 28.6 Å². The summed E-state index contributed by atoms with van der Waals surface area (Å²) in [7, 11) is 0. The first-order valence-electron chi connectivity index (χ1n) is 5.44. The lowest BCUT2D eigenvalue weighted by Crippen LogP contribution is -2.32. The third-order valence-electron chi connectivity index (χ3n) is 2.49. The summed E-state index contributed by atoms with van der Waals surface area (Å²) < 4.78 is 0. The number of hydrogen-bond donors (Lipinski definition) is 0. The van der Waals surface area contributed by atoms with Crippen molar-refractivity contribution in [2.75, 3.05) is 11.9 Å². The number of hydrogen-bond acceptors (Lipinski definition) is 2. The van der Waals surface area contributed by atoms with E-state index in [1.54, 1.807) is 4.90 Å². The number of amides is 1. The summed E-state index contributed by atoms with van der Waals surface area (Å²) in [6.45, 7) is 4.06. The van der Waals surface area contributed by atoms with Crippen LogP contribution in [0.25, 0.3) is 0 Å². The van der Waals surface area contributed by atoms with Gasteiger partial charge >= 0.3 is 0 Å². The summed E-state index contributed by atoms with van der Waals surface area (Å²) in [5.41, 5.74) is 0.555. The predicted molar refractivity (Wildman–Crippen MR) is 67.3 cm³/mol. The molecule has 0 aromatic carbocycles. The first-order chi connectivity index (χ1) is 7.70. The first kappa shape index (κ1) is 13.2. The molecule has 1 amide bonds. The van der Waals surface area contributed by atoms with Crippen LogP contribution < -0.4 is 0 Å². The highest BCUT2D eigenvalue weighted by Gasteiger charge is 2.24. The van der Waals surface area contributed by atoms with Gasteiger partial charge in [0.15, 0.2) is 5.78 Å². The normalized spacial score (nSPS) is 14.8. The summed E-state index contributed by atoms with van der Waals surface area (Å²) in [5.74, 6) is -0.120. The van der Waals surface area contributed by atoms with Gasteiger partial charge in [0, 0.05) is 18.3 Å². The fourth-order valence-corrected chi connectivity index (χ4v) is 2.06. The number of unbranched alkanes of at least 4 members (excludes halogenated alkanes) is 1. The highest BCUT2D eigenvalue weighted by atomic mass is 79.9. The van der Waals surface area contributed by atoms with Gasteiger partial charge in [-0.3, -0.25) is 9.59 Å². The van der Waals surface area contributed by atoms with Crippen LogP contribution in [0, 0.1) is 0 Å². The molecule has 16 heavy (non-hydrogen) atoms. The molecule has 0 heterocycles. The van der Waals surface area contributed by atoms with Gasteiger partial charge in [-0.05, 0) is 25.3 Å². The second-order valence-corrected chi connectivity index (χ2v) is 4.43. The van der Waals surface area contributed by atoms with Crippen LogP contribution in [0.2, 0.25) is 0 Å². The maximum Gasteiger partial charge on any atom is 0.250 e. The molecular weight excluding hydrogens is 270 g/mol. The SMILES string of the molecule is C=CC(=O)N(CCCCBr)C1=CCCC1=O. The standard InChI is InChI=1S/C12H16BrNO2/c1-2-12(16)14(9-4-3-8-13)10-6-5-7-11(10)15/h2,6H,1,3-5,7-9H2. The molecule has 0 N–H and O–H groups in total. The number of carbonyl (C=O) groups is 2. The minimum Gasteiger partial charge on any atom is -0.306 e. The van der Waals surface area contributed by atoms with Crippen molar-refractivity contribution in [3.8, 4) is 0 Å². The Morgan fingerprint density at radius 3 is 2.81 bits per heavy atom. The minimum atomic E-state index is -0.184. The molecule has 0 bridgehead atoms. The lowest BCUT2D eigenvalue weighted by Gasteiger charge is -2.21. The van der Waals surface area contributed by atoms with Crippen molar-refractivity contribution in [2.45, 2.75) is 25.7 Å². The number of halogens is 1. The molecule has 0 atom stereocenters. The molecule has 0 fully saturated rings. The van der Waals surface area contributed by atoms with Crippen molar-refractivity contribution >= 4 is 27.6 Å². The molecule has 0 saturated heterocycles. The van der Waals surface area contributed by atoms with Crippen LogP contribution in [-0.2, 0) is 9.59 Å². The van der Waals surface area contributed by atoms with Gasteiger partial charge in [0.1, 0.15) is 0 Å². The monoisotopic (exact) mass is 285 g/mol. The van der Waals surface area contributed by atoms with E-state index in [0.717, 1.165) is 24.6 Å². The summed E-state index contributed by atoms with van der Waals surface area (Å²) in [6.07, 6.45) is 6.25. The molecule has 3 nitrogen and oxygen atoms in total. The summed E-state index contributed by atoms with van der Waals surface area (Å²) >= 11 is 3.34. The molecule has 1 aliphatic carbocycles. The van der Waals surface area contributed by atoms with E-state index in [9.17, 15) is 9.59 Å². The lowest BCUT2D eigenvalue weighted by atomic mass is 10.2. The van der Waals surface area contributed by atoms with Crippen molar-refractivity contribution in [3.05, 3.63) is 24.4 Å². The zero-order valence-corrected chi connectivity index (χ0v) is 10.8. The number of Topliss-reactive ketones (excluding diaryl/α,β-unsaturated/α-hetero) is 1. The van der Waals surface area contributed by atoms with Gasteiger partial charge in [0.05, 0.1) is 5.70 Å². The van der Waals surface area contributed by atoms with E-state index in [4.69, 9.17) is 0 Å². The molecule has 0 aromatic heterocycles. The number of ketones is 1. The molecular formula is C12H16BrNO2. The minimum absolute atomic E-state index is 0.0639. The van der Waals surface area contributed by atoms with Crippen LogP contribution in [-0.4, -0.2) is 28.5 Å². The number of alkyl halides is 1. The second-order valence-electron chi connectivity index (χ2n) is 3.64. The van der Waals surface area contributed by atoms with Crippen LogP contribution in [0.1, 0.15) is 25.7 Å². The van der Waals surface area contributed by atoms with Crippen molar-refractivity contribution in [1.82, 2.24) is 4.90 Å². The smallest absolute Gasteiger partial charge is 0.250 e. The quantitative estimate of drug-likeness (QED) is 0.427. The van der Waals surface area contributed by atoms with E-state index in [-0.39, 0.29) is 11.7 Å². The Bertz CT molecular complexity index is 323. The first-order valence-corrected chi connectivity index (χ1v) is 6.56. The molecule has 4 heteroatoms.